The highest BCUT2D eigenvalue weighted by atomic mass is 32.2. The van der Waals surface area contributed by atoms with Gasteiger partial charge in [-0.2, -0.15) is 0 Å². The molecule has 2 N–H and O–H groups in total. The SMILES string of the molecule is COc1cc(C=C2SC(=S)N(CCCCCCN3C(=O)C(=Cc4ccc(O)c(OC)c4)SC3=S)C2=O)ccc1O. The number of thioether (sulfide) groups is 2. The minimum Gasteiger partial charge on any atom is -0.504 e. The summed E-state index contributed by atoms with van der Waals surface area (Å²) in [4.78, 5) is 30.1. The summed E-state index contributed by atoms with van der Waals surface area (Å²) in [5.41, 5.74) is 1.48. The first-order valence-electron chi connectivity index (χ1n) is 12.5. The van der Waals surface area contributed by atoms with Crippen molar-refractivity contribution in [3.63, 3.8) is 0 Å². The lowest BCUT2D eigenvalue weighted by Gasteiger charge is -2.15. The number of hydrogen-bond donors (Lipinski definition) is 2. The fourth-order valence-corrected chi connectivity index (χ4v) is 6.77. The average molecular weight is 617 g/mol. The lowest BCUT2D eigenvalue weighted by atomic mass is 10.1. The number of phenols is 2. The zero-order chi connectivity index (χ0) is 28.8. The molecule has 0 radical (unpaired) electrons. The lowest BCUT2D eigenvalue weighted by Crippen LogP contribution is -2.29. The molecule has 0 spiro atoms. The number of unbranched alkanes of at least 4 members (excludes halogenated alkanes) is 3. The molecule has 4 rings (SSSR count). The Morgan fingerprint density at radius 3 is 1.50 bits per heavy atom. The van der Waals surface area contributed by atoms with Crippen molar-refractivity contribution >= 4 is 80.6 Å². The van der Waals surface area contributed by atoms with E-state index < -0.39 is 0 Å². The van der Waals surface area contributed by atoms with E-state index in [4.69, 9.17) is 33.9 Å². The average Bonchev–Trinajstić information content (AvgIpc) is 3.36. The molecule has 8 nitrogen and oxygen atoms in total. The number of thiocarbonyl (C=S) groups is 2. The molecular weight excluding hydrogens is 589 g/mol. The standard InChI is InChI=1S/C28H28N2O6S4/c1-35-21-13-17(7-9-19(21)31)15-23-25(33)29(27(37)39-23)11-5-3-4-6-12-30-26(34)24(40-28(30)38)16-18-8-10-20(32)22(14-18)36-2/h7-10,13-16,31-32H,3-6,11-12H2,1-2H3. The molecule has 2 heterocycles. The van der Waals surface area contributed by atoms with E-state index >= 15 is 0 Å². The molecule has 0 bridgehead atoms. The number of methoxy groups -OCH3 is 2. The van der Waals surface area contributed by atoms with Gasteiger partial charge in [-0.15, -0.1) is 0 Å². The number of aromatic hydroxyl groups is 2. The van der Waals surface area contributed by atoms with Gasteiger partial charge in [-0.3, -0.25) is 19.4 Å². The highest BCUT2D eigenvalue weighted by Crippen LogP contribution is 2.36. The van der Waals surface area contributed by atoms with Crippen molar-refractivity contribution in [3.05, 3.63) is 57.3 Å². The number of amides is 2. The minimum absolute atomic E-state index is 0.0360. The molecule has 0 unspecified atom stereocenters. The van der Waals surface area contributed by atoms with Crippen LogP contribution >= 0.6 is 48.0 Å². The Kier molecular flexibility index (Phi) is 10.1. The highest BCUT2D eigenvalue weighted by molar-refractivity contribution is 8.27. The molecule has 12 heteroatoms. The lowest BCUT2D eigenvalue weighted by molar-refractivity contribution is -0.123. The van der Waals surface area contributed by atoms with Crippen LogP contribution in [-0.2, 0) is 9.59 Å². The zero-order valence-electron chi connectivity index (χ0n) is 21.9. The summed E-state index contributed by atoms with van der Waals surface area (Å²) < 4.78 is 11.3. The molecule has 210 valence electrons. The van der Waals surface area contributed by atoms with Crippen LogP contribution < -0.4 is 9.47 Å². The first-order valence-corrected chi connectivity index (χ1v) is 14.9. The topological polar surface area (TPSA) is 99.5 Å². The first kappa shape index (κ1) is 29.9. The van der Waals surface area contributed by atoms with E-state index in [2.05, 4.69) is 0 Å². The maximum absolute atomic E-state index is 12.9. The summed E-state index contributed by atoms with van der Waals surface area (Å²) in [6.45, 7) is 1.06. The molecule has 2 fully saturated rings. The second-order valence-electron chi connectivity index (χ2n) is 8.94. The van der Waals surface area contributed by atoms with Gasteiger partial charge in [-0.05, 0) is 60.4 Å². The predicted molar refractivity (Wildman–Crippen MR) is 168 cm³/mol. The molecule has 2 aliphatic rings. The van der Waals surface area contributed by atoms with Crippen LogP contribution in [0.1, 0.15) is 36.8 Å². The summed E-state index contributed by atoms with van der Waals surface area (Å²) in [5.74, 6) is 0.493. The van der Waals surface area contributed by atoms with E-state index in [0.29, 0.717) is 43.0 Å². The molecular formula is C28H28N2O6S4. The molecule has 0 aliphatic carbocycles. The number of ether oxygens (including phenoxy) is 2. The van der Waals surface area contributed by atoms with Gasteiger partial charge in [0.15, 0.2) is 23.0 Å². The molecule has 0 aromatic heterocycles. The van der Waals surface area contributed by atoms with Crippen LogP contribution in [0.3, 0.4) is 0 Å². The predicted octanol–water partition coefficient (Wildman–Crippen LogP) is 5.78. The van der Waals surface area contributed by atoms with Crippen molar-refractivity contribution in [1.82, 2.24) is 9.80 Å². The molecule has 2 saturated heterocycles. The fourth-order valence-electron chi connectivity index (χ4n) is 4.15. The van der Waals surface area contributed by atoms with Crippen LogP contribution in [0.2, 0.25) is 0 Å². The molecule has 2 aliphatic heterocycles. The number of phenolic OH excluding ortho intramolecular Hbond substituents is 2. The summed E-state index contributed by atoms with van der Waals surface area (Å²) in [6.07, 6.45) is 6.82. The third-order valence-corrected chi connectivity index (χ3v) is 9.02. The van der Waals surface area contributed by atoms with Gasteiger partial charge in [0.05, 0.1) is 24.0 Å². The zero-order valence-corrected chi connectivity index (χ0v) is 25.2. The summed E-state index contributed by atoms with van der Waals surface area (Å²) in [5, 5.41) is 19.6. The maximum atomic E-state index is 12.9. The second kappa shape index (κ2) is 13.5. The Balaban J connectivity index is 1.23. The number of hydrogen-bond acceptors (Lipinski definition) is 10. The van der Waals surface area contributed by atoms with Gasteiger partial charge in [0.2, 0.25) is 0 Å². The van der Waals surface area contributed by atoms with E-state index in [1.807, 2.05) is 0 Å². The van der Waals surface area contributed by atoms with Crippen molar-refractivity contribution in [1.29, 1.82) is 0 Å². The molecule has 2 amide bonds. The highest BCUT2D eigenvalue weighted by Gasteiger charge is 2.32. The Hall–Kier alpha value is -3.06. The minimum atomic E-state index is -0.127. The normalized spacial score (nSPS) is 17.6. The van der Waals surface area contributed by atoms with Crippen LogP contribution in [0, 0.1) is 0 Å². The molecule has 0 atom stereocenters. The fraction of sp³-hybridized carbons (Fsp3) is 0.286. The van der Waals surface area contributed by atoms with Gasteiger partial charge in [-0.25, -0.2) is 0 Å². The number of carbonyl (C=O) groups is 2. The third-order valence-electron chi connectivity index (χ3n) is 6.26. The van der Waals surface area contributed by atoms with Gasteiger partial charge in [0, 0.05) is 13.1 Å². The summed E-state index contributed by atoms with van der Waals surface area (Å²) in [7, 11) is 2.95. The Bertz CT molecular complexity index is 1300. The monoisotopic (exact) mass is 616 g/mol. The number of carbonyl (C=O) groups excluding carboxylic acids is 2. The van der Waals surface area contributed by atoms with Crippen LogP contribution in [0.25, 0.3) is 12.2 Å². The summed E-state index contributed by atoms with van der Waals surface area (Å²) >= 11 is 13.4. The van der Waals surface area contributed by atoms with E-state index in [1.165, 1.54) is 49.9 Å². The van der Waals surface area contributed by atoms with Gasteiger partial charge >= 0.3 is 0 Å². The van der Waals surface area contributed by atoms with Crippen molar-refractivity contribution in [3.8, 4) is 23.0 Å². The summed E-state index contributed by atoms with van der Waals surface area (Å²) in [6, 6.07) is 9.81. The number of benzene rings is 2. The van der Waals surface area contributed by atoms with Gasteiger partial charge < -0.3 is 19.7 Å². The molecule has 2 aromatic carbocycles. The van der Waals surface area contributed by atoms with Gasteiger partial charge in [0.1, 0.15) is 8.64 Å². The van der Waals surface area contributed by atoms with Gasteiger partial charge in [-0.1, -0.05) is 72.9 Å². The Labute approximate surface area is 252 Å². The number of nitrogens with zero attached hydrogens (tertiary/aromatic N) is 2. The van der Waals surface area contributed by atoms with Crippen molar-refractivity contribution in [2.45, 2.75) is 25.7 Å². The molecule has 40 heavy (non-hydrogen) atoms. The van der Waals surface area contributed by atoms with E-state index in [-0.39, 0.29) is 23.3 Å². The van der Waals surface area contributed by atoms with Crippen molar-refractivity contribution in [2.24, 2.45) is 0 Å². The molecule has 0 saturated carbocycles. The van der Waals surface area contributed by atoms with Crippen LogP contribution in [0.4, 0.5) is 0 Å². The smallest absolute Gasteiger partial charge is 0.266 e. The van der Waals surface area contributed by atoms with E-state index in [1.54, 1.807) is 46.2 Å². The van der Waals surface area contributed by atoms with Crippen LogP contribution in [0.15, 0.2) is 46.2 Å². The third kappa shape index (κ3) is 6.98. The number of rotatable bonds is 11. The van der Waals surface area contributed by atoms with Crippen molar-refractivity contribution < 1.29 is 29.3 Å². The van der Waals surface area contributed by atoms with Crippen molar-refractivity contribution in [2.75, 3.05) is 27.3 Å². The second-order valence-corrected chi connectivity index (χ2v) is 12.3. The van der Waals surface area contributed by atoms with E-state index in [9.17, 15) is 19.8 Å². The van der Waals surface area contributed by atoms with E-state index in [0.717, 1.165) is 36.8 Å². The van der Waals surface area contributed by atoms with Gasteiger partial charge in [0.25, 0.3) is 11.8 Å². The maximum Gasteiger partial charge on any atom is 0.266 e. The van der Waals surface area contributed by atoms with Crippen LogP contribution in [-0.4, -0.2) is 67.8 Å². The van der Waals surface area contributed by atoms with Crippen LogP contribution in [0.5, 0.6) is 23.0 Å². The Morgan fingerprint density at radius 2 is 1.12 bits per heavy atom. The first-order chi connectivity index (χ1) is 19.2. The largest absolute Gasteiger partial charge is 0.504 e. The quantitative estimate of drug-likeness (QED) is 0.184. The Morgan fingerprint density at radius 1 is 0.725 bits per heavy atom. The molecule has 2 aromatic rings.